The first-order valence-corrected chi connectivity index (χ1v) is 17.9. The fourth-order valence-corrected chi connectivity index (χ4v) is 7.31. The normalized spacial score (nSPS) is 11.4. The Morgan fingerprint density at radius 1 is 0.283 bits per heavy atom. The first-order chi connectivity index (χ1) is 26.2. The van der Waals surface area contributed by atoms with E-state index in [0.29, 0.717) is 5.82 Å². The van der Waals surface area contributed by atoms with Crippen molar-refractivity contribution in [3.05, 3.63) is 194 Å². The minimum atomic E-state index is 0.694. The number of para-hydroxylation sites is 1. The summed E-state index contributed by atoms with van der Waals surface area (Å²) in [6, 6.07) is 68.3. The van der Waals surface area contributed by atoms with Gasteiger partial charge in [-0.25, -0.2) is 9.97 Å². The molecule has 0 spiro atoms. The van der Waals surface area contributed by atoms with E-state index >= 15 is 0 Å². The van der Waals surface area contributed by atoms with Gasteiger partial charge in [-0.05, 0) is 92.7 Å². The molecule has 0 saturated carbocycles. The zero-order valence-corrected chi connectivity index (χ0v) is 28.8. The molecule has 2 aromatic heterocycles. The fourth-order valence-electron chi connectivity index (χ4n) is 7.31. The number of nitrogens with zero attached hydrogens (tertiary/aromatic N) is 2. The number of hydrogen-bond donors (Lipinski definition) is 0. The van der Waals surface area contributed by atoms with E-state index in [4.69, 9.17) is 14.4 Å². The molecule has 0 aliphatic carbocycles. The van der Waals surface area contributed by atoms with Gasteiger partial charge in [-0.15, -0.1) is 0 Å². The molecule has 0 bridgehead atoms. The van der Waals surface area contributed by atoms with Crippen molar-refractivity contribution in [3.63, 3.8) is 0 Å². The van der Waals surface area contributed by atoms with E-state index < -0.39 is 0 Å². The summed E-state index contributed by atoms with van der Waals surface area (Å²) in [7, 11) is 0. The highest BCUT2D eigenvalue weighted by Crippen LogP contribution is 2.38. The van der Waals surface area contributed by atoms with E-state index in [1.165, 1.54) is 21.9 Å². The van der Waals surface area contributed by atoms with Crippen molar-refractivity contribution in [3.8, 4) is 67.3 Å². The second-order valence-corrected chi connectivity index (χ2v) is 13.4. The Bertz CT molecular complexity index is 2870. The highest BCUT2D eigenvalue weighted by molar-refractivity contribution is 6.06. The lowest BCUT2D eigenvalue weighted by atomic mass is 9.93. The van der Waals surface area contributed by atoms with Crippen molar-refractivity contribution in [2.75, 3.05) is 0 Å². The zero-order valence-electron chi connectivity index (χ0n) is 28.8. The van der Waals surface area contributed by atoms with Gasteiger partial charge in [-0.3, -0.25) is 0 Å². The summed E-state index contributed by atoms with van der Waals surface area (Å²) in [5, 5.41) is 4.70. The highest BCUT2D eigenvalue weighted by Gasteiger charge is 2.15. The monoisotopic (exact) mass is 676 g/mol. The SMILES string of the molecule is c1ccc(-c2cc(-c3cc(-c4ccc(-c5ccc6ccccc6c5)cc4)cc(-c4ccc5oc6ccccc6c5c4)c3)nc(-c3ccccc3)n2)cc1. The summed E-state index contributed by atoms with van der Waals surface area (Å²) in [5.41, 5.74) is 13.4. The van der Waals surface area contributed by atoms with Crippen molar-refractivity contribution in [2.24, 2.45) is 0 Å². The van der Waals surface area contributed by atoms with E-state index in [1.807, 2.05) is 36.4 Å². The Kier molecular flexibility index (Phi) is 7.47. The molecule has 248 valence electrons. The molecular formula is C50H32N2O. The van der Waals surface area contributed by atoms with Gasteiger partial charge in [0.25, 0.3) is 0 Å². The molecular weight excluding hydrogens is 645 g/mol. The van der Waals surface area contributed by atoms with Crippen LogP contribution in [-0.2, 0) is 0 Å². The Hall–Kier alpha value is -7.10. The third-order valence-electron chi connectivity index (χ3n) is 10.1. The molecule has 8 aromatic carbocycles. The van der Waals surface area contributed by atoms with Crippen LogP contribution in [0, 0.1) is 0 Å². The largest absolute Gasteiger partial charge is 0.456 e. The number of benzene rings is 8. The third-order valence-corrected chi connectivity index (χ3v) is 10.1. The number of furan rings is 1. The summed E-state index contributed by atoms with van der Waals surface area (Å²) >= 11 is 0. The molecule has 3 nitrogen and oxygen atoms in total. The molecule has 10 aromatic rings. The topological polar surface area (TPSA) is 38.9 Å². The molecule has 10 rings (SSSR count). The number of rotatable bonds is 6. The van der Waals surface area contributed by atoms with Crippen molar-refractivity contribution < 1.29 is 4.42 Å². The maximum absolute atomic E-state index is 6.19. The van der Waals surface area contributed by atoms with Crippen LogP contribution < -0.4 is 0 Å². The first kappa shape index (κ1) is 30.7. The Morgan fingerprint density at radius 3 is 1.58 bits per heavy atom. The minimum absolute atomic E-state index is 0.694. The van der Waals surface area contributed by atoms with Crippen LogP contribution in [0.3, 0.4) is 0 Å². The lowest BCUT2D eigenvalue weighted by molar-refractivity contribution is 0.669. The van der Waals surface area contributed by atoms with Crippen LogP contribution >= 0.6 is 0 Å². The summed E-state index contributed by atoms with van der Waals surface area (Å²) in [5.74, 6) is 0.694. The molecule has 0 aliphatic heterocycles. The zero-order chi connectivity index (χ0) is 35.1. The third kappa shape index (κ3) is 5.85. The van der Waals surface area contributed by atoms with Crippen LogP contribution in [0.5, 0.6) is 0 Å². The van der Waals surface area contributed by atoms with Crippen molar-refractivity contribution in [1.29, 1.82) is 0 Å². The Balaban J connectivity index is 1.14. The average molecular weight is 677 g/mol. The van der Waals surface area contributed by atoms with Crippen LogP contribution in [0.15, 0.2) is 199 Å². The van der Waals surface area contributed by atoms with Gasteiger partial charge < -0.3 is 4.42 Å². The summed E-state index contributed by atoms with van der Waals surface area (Å²) < 4.78 is 6.19. The van der Waals surface area contributed by atoms with Crippen molar-refractivity contribution in [2.45, 2.75) is 0 Å². The van der Waals surface area contributed by atoms with Crippen LogP contribution in [0.2, 0.25) is 0 Å². The predicted octanol–water partition coefficient (Wildman–Crippen LogP) is 13.5. The van der Waals surface area contributed by atoms with Gasteiger partial charge in [0, 0.05) is 27.5 Å². The molecule has 0 aliphatic rings. The van der Waals surface area contributed by atoms with Crippen molar-refractivity contribution in [1.82, 2.24) is 9.97 Å². The van der Waals surface area contributed by atoms with Gasteiger partial charge in [0.15, 0.2) is 5.82 Å². The second kappa shape index (κ2) is 12.9. The van der Waals surface area contributed by atoms with Crippen LogP contribution in [0.1, 0.15) is 0 Å². The first-order valence-electron chi connectivity index (χ1n) is 17.9. The van der Waals surface area contributed by atoms with Crippen molar-refractivity contribution >= 4 is 32.7 Å². The molecule has 0 amide bonds. The van der Waals surface area contributed by atoms with Gasteiger partial charge in [0.05, 0.1) is 11.4 Å². The molecule has 0 atom stereocenters. The standard InChI is InChI=1S/C50H32N2O/c1-3-12-36(13-4-1)46-32-47(52-50(51-46)37-14-5-2-6-15-37)43-29-41(35-21-19-34(20-22-35)39-24-23-33-11-7-8-16-38(33)27-39)28-42(30-43)40-25-26-49-45(31-40)44-17-9-10-18-48(44)53-49/h1-32H. The lowest BCUT2D eigenvalue weighted by Gasteiger charge is -2.14. The molecule has 0 saturated heterocycles. The summed E-state index contributed by atoms with van der Waals surface area (Å²) in [4.78, 5) is 10.3. The van der Waals surface area contributed by atoms with E-state index in [9.17, 15) is 0 Å². The molecule has 0 unspecified atom stereocenters. The maximum Gasteiger partial charge on any atom is 0.160 e. The van der Waals surface area contributed by atoms with Gasteiger partial charge in [0.2, 0.25) is 0 Å². The minimum Gasteiger partial charge on any atom is -0.456 e. The van der Waals surface area contributed by atoms with Gasteiger partial charge in [-0.2, -0.15) is 0 Å². The predicted molar refractivity (Wildman–Crippen MR) is 219 cm³/mol. The maximum atomic E-state index is 6.19. The Morgan fingerprint density at radius 2 is 0.811 bits per heavy atom. The number of fused-ring (bicyclic) bond motifs is 4. The Labute approximate surface area is 307 Å². The van der Waals surface area contributed by atoms with E-state index in [0.717, 1.165) is 72.3 Å². The van der Waals surface area contributed by atoms with E-state index in [-0.39, 0.29) is 0 Å². The average Bonchev–Trinajstić information content (AvgIpc) is 3.62. The highest BCUT2D eigenvalue weighted by atomic mass is 16.3. The number of hydrogen-bond acceptors (Lipinski definition) is 3. The van der Waals surface area contributed by atoms with Crippen LogP contribution in [-0.4, -0.2) is 9.97 Å². The van der Waals surface area contributed by atoms with Crippen LogP contribution in [0.25, 0.3) is 100.0 Å². The quantitative estimate of drug-likeness (QED) is 0.176. The summed E-state index contributed by atoms with van der Waals surface area (Å²) in [6.07, 6.45) is 0. The fraction of sp³-hybridized carbons (Fsp3) is 0. The van der Waals surface area contributed by atoms with Gasteiger partial charge >= 0.3 is 0 Å². The lowest BCUT2D eigenvalue weighted by Crippen LogP contribution is -1.96. The van der Waals surface area contributed by atoms with Gasteiger partial charge in [0.1, 0.15) is 11.2 Å². The number of aromatic nitrogens is 2. The molecule has 0 fully saturated rings. The molecule has 0 N–H and O–H groups in total. The molecule has 2 heterocycles. The smallest absolute Gasteiger partial charge is 0.160 e. The van der Waals surface area contributed by atoms with Crippen LogP contribution in [0.4, 0.5) is 0 Å². The molecule has 0 radical (unpaired) electrons. The summed E-state index contributed by atoms with van der Waals surface area (Å²) in [6.45, 7) is 0. The van der Waals surface area contributed by atoms with E-state index in [2.05, 4.69) is 158 Å². The molecule has 53 heavy (non-hydrogen) atoms. The van der Waals surface area contributed by atoms with Gasteiger partial charge in [-0.1, -0.05) is 146 Å². The second-order valence-electron chi connectivity index (χ2n) is 13.4. The molecule has 3 heteroatoms. The van der Waals surface area contributed by atoms with E-state index in [1.54, 1.807) is 0 Å².